The number of fused-ring (bicyclic) bond motifs is 1. The number of hydrogen-bond donors (Lipinski definition) is 2. The molecule has 30 heavy (non-hydrogen) atoms. The van der Waals surface area contributed by atoms with Gasteiger partial charge < -0.3 is 15.4 Å². The van der Waals surface area contributed by atoms with E-state index in [4.69, 9.17) is 16.3 Å². The van der Waals surface area contributed by atoms with Gasteiger partial charge in [0.05, 0.1) is 11.3 Å². The Morgan fingerprint density at radius 3 is 2.93 bits per heavy atom. The molecule has 0 radical (unpaired) electrons. The summed E-state index contributed by atoms with van der Waals surface area (Å²) in [7, 11) is 0. The maximum Gasteiger partial charge on any atom is 0.262 e. The van der Waals surface area contributed by atoms with Gasteiger partial charge in [0.1, 0.15) is 0 Å². The maximum absolute atomic E-state index is 12.8. The minimum atomic E-state index is -0.256. The molecule has 0 aromatic heterocycles. The molecule has 0 spiro atoms. The number of amides is 2. The third-order valence-electron chi connectivity index (χ3n) is 5.67. The molecule has 0 saturated carbocycles. The van der Waals surface area contributed by atoms with Gasteiger partial charge in [0, 0.05) is 17.6 Å². The van der Waals surface area contributed by atoms with Crippen molar-refractivity contribution in [1.82, 2.24) is 10.2 Å². The molecule has 1 saturated heterocycles. The summed E-state index contributed by atoms with van der Waals surface area (Å²) in [6, 6.07) is 14.0. The number of anilines is 1. The number of nitrogens with zero attached hydrogens (tertiary/aromatic N) is 1. The Labute approximate surface area is 181 Å². The van der Waals surface area contributed by atoms with E-state index in [9.17, 15) is 9.59 Å². The average Bonchev–Trinajstić information content (AvgIpc) is 3.19. The van der Waals surface area contributed by atoms with Gasteiger partial charge in [0.2, 0.25) is 0 Å². The summed E-state index contributed by atoms with van der Waals surface area (Å²) >= 11 is 6.14. The predicted molar refractivity (Wildman–Crippen MR) is 117 cm³/mol. The van der Waals surface area contributed by atoms with E-state index >= 15 is 0 Å². The van der Waals surface area contributed by atoms with E-state index < -0.39 is 0 Å². The first-order valence-corrected chi connectivity index (χ1v) is 10.8. The molecule has 4 rings (SSSR count). The Kier molecular flexibility index (Phi) is 6.55. The largest absolute Gasteiger partial charge is 0.481 e. The fourth-order valence-electron chi connectivity index (χ4n) is 4.19. The van der Waals surface area contributed by atoms with Crippen molar-refractivity contribution in [2.24, 2.45) is 0 Å². The molecular weight excluding hydrogens is 402 g/mol. The first-order chi connectivity index (χ1) is 14.6. The number of halogens is 1. The lowest BCUT2D eigenvalue weighted by atomic mass is 10.1. The normalized spacial score (nSPS) is 18.4. The number of carbonyl (C=O) groups is 2. The van der Waals surface area contributed by atoms with Crippen LogP contribution < -0.4 is 15.4 Å². The molecule has 2 N–H and O–H groups in total. The molecular formula is C23H26ClN3O3. The molecule has 2 aromatic rings. The van der Waals surface area contributed by atoms with Crippen LogP contribution in [0.15, 0.2) is 42.5 Å². The van der Waals surface area contributed by atoms with Crippen molar-refractivity contribution in [3.8, 4) is 5.75 Å². The minimum Gasteiger partial charge on any atom is -0.481 e. The van der Waals surface area contributed by atoms with Gasteiger partial charge in [-0.15, -0.1) is 0 Å². The predicted octanol–water partition coefficient (Wildman–Crippen LogP) is 3.50. The molecule has 1 unspecified atom stereocenters. The van der Waals surface area contributed by atoms with E-state index in [1.54, 1.807) is 12.1 Å². The smallest absolute Gasteiger partial charge is 0.262 e. The van der Waals surface area contributed by atoms with Crippen LogP contribution in [0.3, 0.4) is 0 Å². The van der Waals surface area contributed by atoms with Crippen LogP contribution in [-0.4, -0.2) is 49.0 Å². The molecule has 1 atom stereocenters. The summed E-state index contributed by atoms with van der Waals surface area (Å²) in [6.07, 6.45) is 4.39. The summed E-state index contributed by atoms with van der Waals surface area (Å²) in [6.45, 7) is 2.57. The minimum absolute atomic E-state index is 0.104. The summed E-state index contributed by atoms with van der Waals surface area (Å²) in [4.78, 5) is 26.8. The highest BCUT2D eigenvalue weighted by Crippen LogP contribution is 2.35. The Morgan fingerprint density at radius 2 is 2.10 bits per heavy atom. The molecule has 2 amide bonds. The van der Waals surface area contributed by atoms with Crippen LogP contribution in [0.5, 0.6) is 5.75 Å². The van der Waals surface area contributed by atoms with Gasteiger partial charge in [0.25, 0.3) is 11.8 Å². The molecule has 6 nitrogen and oxygen atoms in total. The third kappa shape index (κ3) is 4.94. The second-order valence-corrected chi connectivity index (χ2v) is 8.23. The van der Waals surface area contributed by atoms with E-state index in [0.717, 1.165) is 38.8 Å². The van der Waals surface area contributed by atoms with Crippen LogP contribution in [-0.2, 0) is 11.2 Å². The van der Waals surface area contributed by atoms with Gasteiger partial charge in [-0.3, -0.25) is 14.5 Å². The van der Waals surface area contributed by atoms with Gasteiger partial charge >= 0.3 is 0 Å². The highest BCUT2D eigenvalue weighted by molar-refractivity contribution is 6.31. The Bertz CT molecular complexity index is 919. The monoisotopic (exact) mass is 427 g/mol. The molecule has 2 heterocycles. The maximum atomic E-state index is 12.8. The Hall–Kier alpha value is -2.57. The fourth-order valence-corrected chi connectivity index (χ4v) is 4.41. The second kappa shape index (κ2) is 9.49. The van der Waals surface area contributed by atoms with E-state index in [-0.39, 0.29) is 18.4 Å². The lowest BCUT2D eigenvalue weighted by Gasteiger charge is -2.25. The van der Waals surface area contributed by atoms with Crippen molar-refractivity contribution in [3.05, 3.63) is 58.6 Å². The van der Waals surface area contributed by atoms with Crippen molar-refractivity contribution >= 4 is 29.1 Å². The number of nitrogens with one attached hydrogen (secondary N) is 2. The van der Waals surface area contributed by atoms with Crippen LogP contribution >= 0.6 is 11.6 Å². The van der Waals surface area contributed by atoms with Crippen molar-refractivity contribution < 1.29 is 14.3 Å². The Balaban J connectivity index is 1.33. The number of aryl methyl sites for hydroxylation is 1. The Morgan fingerprint density at radius 1 is 1.27 bits per heavy atom. The van der Waals surface area contributed by atoms with Gasteiger partial charge in [-0.1, -0.05) is 41.9 Å². The zero-order chi connectivity index (χ0) is 20.9. The SMILES string of the molecule is O=C1COc2c(cc(Cl)cc2C(=O)NCC2CCCN2CCCc2ccccc2)N1. The standard InChI is InChI=1S/C23H26ClN3O3/c24-17-12-19(22-20(13-17)26-21(28)15-30-22)23(29)25-14-18-9-5-11-27(18)10-4-8-16-6-2-1-3-7-16/h1-3,6-7,12-13,18H,4-5,8-11,14-15H2,(H,25,29)(H,26,28). The van der Waals surface area contributed by atoms with Crippen LogP contribution in [0.25, 0.3) is 0 Å². The lowest BCUT2D eigenvalue weighted by Crippen LogP contribution is -2.41. The first-order valence-electron chi connectivity index (χ1n) is 10.4. The van der Waals surface area contributed by atoms with Gasteiger partial charge in [-0.2, -0.15) is 0 Å². The molecule has 7 heteroatoms. The zero-order valence-electron chi connectivity index (χ0n) is 16.8. The molecule has 158 valence electrons. The number of carbonyl (C=O) groups excluding carboxylic acids is 2. The van der Waals surface area contributed by atoms with Crippen molar-refractivity contribution in [1.29, 1.82) is 0 Å². The van der Waals surface area contributed by atoms with Crippen molar-refractivity contribution in [3.63, 3.8) is 0 Å². The van der Waals surface area contributed by atoms with Crippen LogP contribution in [0, 0.1) is 0 Å². The molecule has 2 aliphatic heterocycles. The van der Waals surface area contributed by atoms with Crippen molar-refractivity contribution in [2.75, 3.05) is 31.6 Å². The molecule has 2 aliphatic rings. The van der Waals surface area contributed by atoms with Crippen LogP contribution in [0.1, 0.15) is 35.2 Å². The number of likely N-dealkylation sites (tertiary alicyclic amines) is 1. The van der Waals surface area contributed by atoms with E-state index in [1.165, 1.54) is 5.56 Å². The molecule has 0 aliphatic carbocycles. The highest BCUT2D eigenvalue weighted by atomic mass is 35.5. The third-order valence-corrected chi connectivity index (χ3v) is 5.89. The number of rotatable bonds is 7. The van der Waals surface area contributed by atoms with Gasteiger partial charge in [0.15, 0.2) is 12.4 Å². The van der Waals surface area contributed by atoms with E-state index in [1.807, 2.05) is 6.07 Å². The highest BCUT2D eigenvalue weighted by Gasteiger charge is 2.27. The summed E-state index contributed by atoms with van der Waals surface area (Å²) in [5.41, 5.74) is 2.15. The van der Waals surface area contributed by atoms with Gasteiger partial charge in [-0.25, -0.2) is 0 Å². The van der Waals surface area contributed by atoms with E-state index in [0.29, 0.717) is 34.6 Å². The van der Waals surface area contributed by atoms with Crippen LogP contribution in [0.4, 0.5) is 5.69 Å². The second-order valence-electron chi connectivity index (χ2n) is 7.80. The van der Waals surface area contributed by atoms with Crippen LogP contribution in [0.2, 0.25) is 5.02 Å². The zero-order valence-corrected chi connectivity index (χ0v) is 17.6. The lowest BCUT2D eigenvalue weighted by molar-refractivity contribution is -0.118. The average molecular weight is 428 g/mol. The number of ether oxygens (including phenoxy) is 1. The molecule has 0 bridgehead atoms. The van der Waals surface area contributed by atoms with Crippen molar-refractivity contribution in [2.45, 2.75) is 31.7 Å². The fraction of sp³-hybridized carbons (Fsp3) is 0.391. The topological polar surface area (TPSA) is 70.7 Å². The van der Waals surface area contributed by atoms with E-state index in [2.05, 4.69) is 39.8 Å². The summed E-state index contributed by atoms with van der Waals surface area (Å²) in [5.74, 6) is -0.114. The number of hydrogen-bond acceptors (Lipinski definition) is 4. The summed E-state index contributed by atoms with van der Waals surface area (Å²) < 4.78 is 5.49. The molecule has 2 aromatic carbocycles. The first kappa shape index (κ1) is 20.7. The van der Waals surface area contributed by atoms with Gasteiger partial charge in [-0.05, 0) is 56.5 Å². The number of benzene rings is 2. The molecule has 1 fully saturated rings. The quantitative estimate of drug-likeness (QED) is 0.709. The summed E-state index contributed by atoms with van der Waals surface area (Å²) in [5, 5.41) is 6.12.